The molecule has 0 nitrogen and oxygen atoms in total. The van der Waals surface area contributed by atoms with E-state index in [1.165, 1.54) is 35.0 Å². The molecule has 0 aliphatic heterocycles. The molecule has 70 valence electrons. The van der Waals surface area contributed by atoms with Gasteiger partial charge in [0.25, 0.3) is 0 Å². The van der Waals surface area contributed by atoms with E-state index in [1.54, 1.807) is 14.4 Å². The van der Waals surface area contributed by atoms with Crippen LogP contribution in [0.1, 0.15) is 26.7 Å². The van der Waals surface area contributed by atoms with Crippen molar-refractivity contribution in [3.05, 3.63) is 46.6 Å². The van der Waals surface area contributed by atoms with Crippen LogP contribution in [-0.4, -0.2) is 3.26 Å². The van der Waals surface area contributed by atoms with Crippen LogP contribution in [0, 0.1) is 0 Å². The molecule has 0 atom stereocenters. The summed E-state index contributed by atoms with van der Waals surface area (Å²) in [7, 11) is 0. The van der Waals surface area contributed by atoms with Crippen LogP contribution in [0.2, 0.25) is 0 Å². The monoisotopic (exact) mass is 350 g/mol. The Bertz CT molecular complexity index is 365. The second kappa shape index (κ2) is 4.06. The first-order valence-electron chi connectivity index (χ1n) is 5.02. The Morgan fingerprint density at radius 1 is 1.00 bits per heavy atom. The molecular weight excluding hydrogens is 335 g/mol. The van der Waals surface area contributed by atoms with Gasteiger partial charge in [0.15, 0.2) is 0 Å². The van der Waals surface area contributed by atoms with Crippen LogP contribution < -0.4 is 0 Å². The van der Waals surface area contributed by atoms with Crippen LogP contribution in [0.5, 0.6) is 0 Å². The fourth-order valence-electron chi connectivity index (χ4n) is 2.01. The molecule has 2 aliphatic carbocycles. The molecule has 0 heterocycles. The molecule has 14 heavy (non-hydrogen) atoms. The van der Waals surface area contributed by atoms with Crippen molar-refractivity contribution in [2.24, 2.45) is 0 Å². The summed E-state index contributed by atoms with van der Waals surface area (Å²) in [5, 5.41) is 0. The third-order valence-electron chi connectivity index (χ3n) is 2.94. The summed E-state index contributed by atoms with van der Waals surface area (Å²) in [4.78, 5) is 0. The van der Waals surface area contributed by atoms with E-state index in [-0.39, 0.29) is 0 Å². The van der Waals surface area contributed by atoms with Crippen LogP contribution in [0.15, 0.2) is 46.6 Å². The van der Waals surface area contributed by atoms with Crippen LogP contribution in [0.25, 0.3) is 0 Å². The number of rotatable bonds is 2. The van der Waals surface area contributed by atoms with Gasteiger partial charge in [-0.2, -0.15) is 0 Å². The second-order valence-electron chi connectivity index (χ2n) is 3.91. The van der Waals surface area contributed by atoms with Crippen molar-refractivity contribution >= 4 is 3.26 Å². The predicted octanol–water partition coefficient (Wildman–Crippen LogP) is 3.26. The summed E-state index contributed by atoms with van der Waals surface area (Å²) < 4.78 is 1.63. The molecule has 0 saturated carbocycles. The molecule has 0 radical (unpaired) electrons. The fourth-order valence-corrected chi connectivity index (χ4v) is 4.16. The molecule has 0 bridgehead atoms. The maximum absolute atomic E-state index is 2.28. The van der Waals surface area contributed by atoms with Gasteiger partial charge in [0, 0.05) is 0 Å². The van der Waals surface area contributed by atoms with E-state index in [2.05, 4.69) is 38.2 Å². The zero-order valence-corrected chi connectivity index (χ0v) is 12.3. The molecule has 0 spiro atoms. The number of allylic oxidation sites excluding steroid dienone is 8. The number of hydrogen-bond acceptors (Lipinski definition) is 0. The van der Waals surface area contributed by atoms with Crippen LogP contribution in [0.3, 0.4) is 0 Å². The molecule has 2 aliphatic rings. The van der Waals surface area contributed by atoms with E-state index >= 15 is 0 Å². The normalized spacial score (nSPS) is 20.1. The van der Waals surface area contributed by atoms with Gasteiger partial charge in [-0.25, -0.2) is 0 Å². The van der Waals surface area contributed by atoms with Crippen molar-refractivity contribution in [3.63, 3.8) is 0 Å². The van der Waals surface area contributed by atoms with E-state index in [4.69, 9.17) is 0 Å². The summed E-state index contributed by atoms with van der Waals surface area (Å²) in [6.45, 7) is 4.46. The molecule has 0 unspecified atom stereocenters. The van der Waals surface area contributed by atoms with E-state index in [0.717, 1.165) is 12.8 Å². The molecule has 0 aromatic carbocycles. The number of hydrogen-bond donors (Lipinski definition) is 0. The SMILES string of the molecule is CC1=C([C](=[Hf])C2=C(C)C=CC2)CC=C1. The zero-order valence-electron chi connectivity index (χ0n) is 8.72. The van der Waals surface area contributed by atoms with Crippen molar-refractivity contribution in [2.75, 3.05) is 0 Å². The molecule has 0 aromatic heterocycles. The van der Waals surface area contributed by atoms with Gasteiger partial charge in [0.05, 0.1) is 0 Å². The van der Waals surface area contributed by atoms with Gasteiger partial charge in [0.2, 0.25) is 0 Å². The molecular formula is C13H14Hf. The Labute approximate surface area is 100 Å². The van der Waals surface area contributed by atoms with Crippen LogP contribution in [-0.2, 0) is 23.9 Å². The zero-order chi connectivity index (χ0) is 10.1. The second-order valence-corrected chi connectivity index (χ2v) is 5.71. The molecule has 0 saturated heterocycles. The van der Waals surface area contributed by atoms with Crippen molar-refractivity contribution in [2.45, 2.75) is 26.7 Å². The van der Waals surface area contributed by atoms with Gasteiger partial charge in [0.1, 0.15) is 0 Å². The summed E-state index contributed by atoms with van der Waals surface area (Å²) >= 11 is 1.17. The third-order valence-corrected chi connectivity index (χ3v) is 5.10. The minimum absolute atomic E-state index is 1.15. The Hall–Kier alpha value is -0.300. The van der Waals surface area contributed by atoms with Crippen molar-refractivity contribution in [1.82, 2.24) is 0 Å². The first-order valence-corrected chi connectivity index (χ1v) is 6.81. The Morgan fingerprint density at radius 2 is 1.43 bits per heavy atom. The van der Waals surface area contributed by atoms with E-state index in [0.29, 0.717) is 0 Å². The quantitative estimate of drug-likeness (QED) is 0.672. The van der Waals surface area contributed by atoms with Gasteiger partial charge < -0.3 is 0 Å². The third kappa shape index (κ3) is 1.75. The van der Waals surface area contributed by atoms with Crippen LogP contribution >= 0.6 is 0 Å². The van der Waals surface area contributed by atoms with E-state index < -0.39 is 0 Å². The molecule has 0 amide bonds. The average molecular weight is 349 g/mol. The average Bonchev–Trinajstić information content (AvgIpc) is 2.73. The predicted molar refractivity (Wildman–Crippen MR) is 57.9 cm³/mol. The Kier molecular flexibility index (Phi) is 2.96. The van der Waals surface area contributed by atoms with Crippen molar-refractivity contribution in [1.29, 1.82) is 0 Å². The topological polar surface area (TPSA) is 0 Å². The van der Waals surface area contributed by atoms with Crippen LogP contribution in [0.4, 0.5) is 0 Å². The minimum atomic E-state index is 1.15. The summed E-state index contributed by atoms with van der Waals surface area (Å²) in [5.74, 6) is 0. The van der Waals surface area contributed by atoms with Gasteiger partial charge >= 0.3 is 100 Å². The van der Waals surface area contributed by atoms with Gasteiger partial charge in [-0.05, 0) is 0 Å². The summed E-state index contributed by atoms with van der Waals surface area (Å²) in [6.07, 6.45) is 11.4. The Balaban J connectivity index is 2.27. The molecule has 0 fully saturated rings. The van der Waals surface area contributed by atoms with E-state index in [9.17, 15) is 0 Å². The molecule has 0 aromatic rings. The first-order chi connectivity index (χ1) is 6.70. The molecule has 1 heteroatoms. The molecule has 0 N–H and O–H groups in total. The first kappa shape index (κ1) is 10.2. The van der Waals surface area contributed by atoms with E-state index in [1.807, 2.05) is 0 Å². The standard InChI is InChI=1S/C13H14.Hf/c1-10-5-3-7-12(10)9-13-8-4-6-11(13)2;/h3-6H,7-8H2,1-2H3;. The van der Waals surface area contributed by atoms with Gasteiger partial charge in [-0.3, -0.25) is 0 Å². The van der Waals surface area contributed by atoms with Gasteiger partial charge in [-0.15, -0.1) is 0 Å². The maximum atomic E-state index is 2.28. The fraction of sp³-hybridized carbons (Fsp3) is 0.308. The summed E-state index contributed by atoms with van der Waals surface area (Å²) in [6, 6.07) is 0. The van der Waals surface area contributed by atoms with Crippen molar-refractivity contribution in [3.8, 4) is 0 Å². The van der Waals surface area contributed by atoms with Gasteiger partial charge in [-0.1, -0.05) is 0 Å². The molecule has 2 rings (SSSR count). The Morgan fingerprint density at radius 3 is 1.71 bits per heavy atom. The summed E-state index contributed by atoms with van der Waals surface area (Å²) in [5.41, 5.74) is 6.13. The van der Waals surface area contributed by atoms with Crippen molar-refractivity contribution < 1.29 is 23.9 Å².